The van der Waals surface area contributed by atoms with Crippen molar-refractivity contribution in [2.75, 3.05) is 26.7 Å². The van der Waals surface area contributed by atoms with Crippen LogP contribution in [0.15, 0.2) is 18.2 Å². The van der Waals surface area contributed by atoms with E-state index < -0.39 is 0 Å². The third kappa shape index (κ3) is 3.70. The number of nitrogens with zero attached hydrogens (tertiary/aromatic N) is 1. The second-order valence-electron chi connectivity index (χ2n) is 5.36. The zero-order valence-electron chi connectivity index (χ0n) is 12.5. The molecule has 1 aliphatic heterocycles. The minimum Gasteiger partial charge on any atom is -0.494 e. The summed E-state index contributed by atoms with van der Waals surface area (Å²) in [6.07, 6.45) is 3.67. The van der Waals surface area contributed by atoms with Gasteiger partial charge in [-0.05, 0) is 32.0 Å². The molecule has 1 heterocycles. The van der Waals surface area contributed by atoms with Crippen molar-refractivity contribution in [2.45, 2.75) is 38.8 Å². The van der Waals surface area contributed by atoms with Crippen molar-refractivity contribution in [2.24, 2.45) is 0 Å². The van der Waals surface area contributed by atoms with Gasteiger partial charge < -0.3 is 10.1 Å². The molecule has 0 aliphatic carbocycles. The van der Waals surface area contributed by atoms with Crippen LogP contribution in [0, 0.1) is 5.82 Å². The molecule has 0 spiro atoms. The molecule has 1 atom stereocenters. The topological polar surface area (TPSA) is 24.5 Å². The molecule has 1 N–H and O–H groups in total. The number of rotatable bonds is 6. The fraction of sp³-hybridized carbons (Fsp3) is 0.625. The second-order valence-corrected chi connectivity index (χ2v) is 5.36. The van der Waals surface area contributed by atoms with Gasteiger partial charge in [-0.3, -0.25) is 4.90 Å². The number of benzene rings is 1. The molecule has 112 valence electrons. The monoisotopic (exact) mass is 280 g/mol. The van der Waals surface area contributed by atoms with Crippen LogP contribution < -0.4 is 10.1 Å². The van der Waals surface area contributed by atoms with Gasteiger partial charge in [-0.25, -0.2) is 4.39 Å². The zero-order valence-corrected chi connectivity index (χ0v) is 12.5. The van der Waals surface area contributed by atoms with E-state index in [-0.39, 0.29) is 5.82 Å². The quantitative estimate of drug-likeness (QED) is 0.867. The fourth-order valence-electron chi connectivity index (χ4n) is 2.87. The lowest BCUT2D eigenvalue weighted by Gasteiger charge is -2.36. The van der Waals surface area contributed by atoms with Crippen LogP contribution in [-0.4, -0.2) is 37.7 Å². The van der Waals surface area contributed by atoms with E-state index in [1.165, 1.54) is 26.4 Å². The van der Waals surface area contributed by atoms with Crippen molar-refractivity contribution in [1.82, 2.24) is 10.2 Å². The molecule has 1 aromatic carbocycles. The van der Waals surface area contributed by atoms with Gasteiger partial charge in [-0.1, -0.05) is 25.5 Å². The smallest absolute Gasteiger partial charge is 0.169 e. The number of likely N-dealkylation sites (tertiary alicyclic amines) is 1. The molecule has 0 aromatic heterocycles. The summed E-state index contributed by atoms with van der Waals surface area (Å²) in [4.78, 5) is 2.39. The van der Waals surface area contributed by atoms with Crippen LogP contribution in [0.4, 0.5) is 4.39 Å². The Morgan fingerprint density at radius 1 is 1.40 bits per heavy atom. The van der Waals surface area contributed by atoms with Gasteiger partial charge >= 0.3 is 0 Å². The zero-order chi connectivity index (χ0) is 14.4. The SMILES string of the molecule is CCNCC1CCCCN1Cc1cccc(OC)c1F. The van der Waals surface area contributed by atoms with Gasteiger partial charge in [0.1, 0.15) is 0 Å². The van der Waals surface area contributed by atoms with Crippen LogP contribution in [0.25, 0.3) is 0 Å². The van der Waals surface area contributed by atoms with E-state index in [1.54, 1.807) is 6.07 Å². The molecule has 1 aliphatic rings. The molecule has 0 radical (unpaired) electrons. The number of nitrogens with one attached hydrogen (secondary N) is 1. The highest BCUT2D eigenvalue weighted by Crippen LogP contribution is 2.24. The number of ether oxygens (including phenoxy) is 1. The fourth-order valence-corrected chi connectivity index (χ4v) is 2.87. The molecule has 3 nitrogen and oxygen atoms in total. The van der Waals surface area contributed by atoms with E-state index in [0.717, 1.165) is 25.2 Å². The number of halogens is 1. The molecule has 0 amide bonds. The Morgan fingerprint density at radius 3 is 3.00 bits per heavy atom. The van der Waals surface area contributed by atoms with Crippen LogP contribution in [0.2, 0.25) is 0 Å². The molecular weight excluding hydrogens is 255 g/mol. The second kappa shape index (κ2) is 7.60. The van der Waals surface area contributed by atoms with Gasteiger partial charge in [-0.2, -0.15) is 0 Å². The summed E-state index contributed by atoms with van der Waals surface area (Å²) in [6.45, 7) is 5.81. The van der Waals surface area contributed by atoms with Crippen molar-refractivity contribution in [3.8, 4) is 5.75 Å². The first-order valence-electron chi connectivity index (χ1n) is 7.52. The van der Waals surface area contributed by atoms with Crippen molar-refractivity contribution in [3.63, 3.8) is 0 Å². The Hall–Kier alpha value is -1.13. The Kier molecular flexibility index (Phi) is 5.80. The molecule has 0 saturated carbocycles. The Balaban J connectivity index is 2.06. The number of likely N-dealkylation sites (N-methyl/N-ethyl adjacent to an activating group) is 1. The standard InChI is InChI=1S/C16H25FN2O/c1-3-18-11-14-8-4-5-10-19(14)12-13-7-6-9-15(20-2)16(13)17/h6-7,9,14,18H,3-5,8,10-12H2,1-2H3. The summed E-state index contributed by atoms with van der Waals surface area (Å²) in [5.74, 6) is 0.116. The van der Waals surface area contributed by atoms with E-state index >= 15 is 0 Å². The minimum absolute atomic E-state index is 0.220. The lowest BCUT2D eigenvalue weighted by Crippen LogP contribution is -2.45. The third-order valence-corrected chi connectivity index (χ3v) is 4.02. The van der Waals surface area contributed by atoms with Crippen molar-refractivity contribution < 1.29 is 9.13 Å². The van der Waals surface area contributed by atoms with Crippen LogP contribution in [-0.2, 0) is 6.54 Å². The highest BCUT2D eigenvalue weighted by molar-refractivity contribution is 5.31. The molecule has 1 saturated heterocycles. The van der Waals surface area contributed by atoms with Gasteiger partial charge in [0.25, 0.3) is 0 Å². The summed E-state index contributed by atoms with van der Waals surface area (Å²) >= 11 is 0. The summed E-state index contributed by atoms with van der Waals surface area (Å²) in [7, 11) is 1.51. The van der Waals surface area contributed by atoms with Crippen LogP contribution in [0.5, 0.6) is 5.75 Å². The summed E-state index contributed by atoms with van der Waals surface area (Å²) in [5.41, 5.74) is 0.729. The van der Waals surface area contributed by atoms with E-state index in [2.05, 4.69) is 17.1 Å². The molecule has 1 aromatic rings. The largest absolute Gasteiger partial charge is 0.494 e. The number of hydrogen-bond acceptors (Lipinski definition) is 3. The maximum Gasteiger partial charge on any atom is 0.169 e. The molecule has 1 unspecified atom stereocenters. The van der Waals surface area contributed by atoms with E-state index in [1.807, 2.05) is 12.1 Å². The third-order valence-electron chi connectivity index (χ3n) is 4.02. The molecule has 20 heavy (non-hydrogen) atoms. The molecule has 1 fully saturated rings. The maximum absolute atomic E-state index is 14.2. The first kappa shape index (κ1) is 15.3. The van der Waals surface area contributed by atoms with Crippen molar-refractivity contribution in [3.05, 3.63) is 29.6 Å². The van der Waals surface area contributed by atoms with Crippen LogP contribution in [0.1, 0.15) is 31.7 Å². The van der Waals surface area contributed by atoms with Crippen LogP contribution >= 0.6 is 0 Å². The first-order chi connectivity index (χ1) is 9.76. The minimum atomic E-state index is -0.220. The van der Waals surface area contributed by atoms with Gasteiger partial charge in [-0.15, -0.1) is 0 Å². The average molecular weight is 280 g/mol. The molecular formula is C16H25FN2O. The molecule has 2 rings (SSSR count). The maximum atomic E-state index is 14.2. The van der Waals surface area contributed by atoms with E-state index in [9.17, 15) is 4.39 Å². The molecule has 4 heteroatoms. The number of methoxy groups -OCH3 is 1. The highest BCUT2D eigenvalue weighted by Gasteiger charge is 2.23. The van der Waals surface area contributed by atoms with Gasteiger partial charge in [0.05, 0.1) is 7.11 Å². The van der Waals surface area contributed by atoms with E-state index in [4.69, 9.17) is 4.74 Å². The summed E-state index contributed by atoms with van der Waals surface area (Å²) in [6, 6.07) is 5.90. The van der Waals surface area contributed by atoms with Gasteiger partial charge in [0, 0.05) is 24.7 Å². The lowest BCUT2D eigenvalue weighted by atomic mass is 10.0. The predicted octanol–water partition coefficient (Wildman–Crippen LogP) is 2.80. The number of hydrogen-bond donors (Lipinski definition) is 1. The average Bonchev–Trinajstić information content (AvgIpc) is 2.48. The Labute approximate surface area is 121 Å². The van der Waals surface area contributed by atoms with Gasteiger partial charge in [0.15, 0.2) is 11.6 Å². The van der Waals surface area contributed by atoms with Crippen molar-refractivity contribution in [1.29, 1.82) is 0 Å². The Bertz CT molecular complexity index is 425. The lowest BCUT2D eigenvalue weighted by molar-refractivity contribution is 0.136. The van der Waals surface area contributed by atoms with E-state index in [0.29, 0.717) is 18.3 Å². The Morgan fingerprint density at radius 2 is 2.25 bits per heavy atom. The molecule has 0 bridgehead atoms. The van der Waals surface area contributed by atoms with Crippen molar-refractivity contribution >= 4 is 0 Å². The normalized spacial score (nSPS) is 20.1. The van der Waals surface area contributed by atoms with Gasteiger partial charge in [0.2, 0.25) is 0 Å². The predicted molar refractivity (Wildman–Crippen MR) is 79.5 cm³/mol. The summed E-state index contributed by atoms with van der Waals surface area (Å²) < 4.78 is 19.3. The number of piperidine rings is 1. The summed E-state index contributed by atoms with van der Waals surface area (Å²) in [5, 5.41) is 3.41. The first-order valence-corrected chi connectivity index (χ1v) is 7.52. The highest BCUT2D eigenvalue weighted by atomic mass is 19.1. The van der Waals surface area contributed by atoms with Crippen LogP contribution in [0.3, 0.4) is 0 Å².